The van der Waals surface area contributed by atoms with Crippen molar-refractivity contribution in [1.82, 2.24) is 40.1 Å². The molecule has 6 heterocycles. The molecule has 0 atom stereocenters. The van der Waals surface area contributed by atoms with E-state index in [1.54, 1.807) is 37.2 Å². The van der Waals surface area contributed by atoms with Crippen molar-refractivity contribution in [3.63, 3.8) is 0 Å². The number of hydrogen-bond acceptors (Lipinski definition) is 7. The van der Waals surface area contributed by atoms with Gasteiger partial charge in [-0.15, -0.1) is 0 Å². The minimum atomic E-state index is 0.582. The summed E-state index contributed by atoms with van der Waals surface area (Å²) in [4.78, 5) is 25.6. The molecule has 0 radical (unpaired) electrons. The summed E-state index contributed by atoms with van der Waals surface area (Å²) in [6.45, 7) is 0. The summed E-state index contributed by atoms with van der Waals surface area (Å²) in [5.41, 5.74) is 12.8. The molecule has 0 saturated heterocycles. The van der Waals surface area contributed by atoms with Gasteiger partial charge in [0.2, 0.25) is 0 Å². The monoisotopic (exact) mass is 405 g/mol. The van der Waals surface area contributed by atoms with Gasteiger partial charge >= 0.3 is 0 Å². The highest BCUT2D eigenvalue weighted by atomic mass is 15.1. The Bertz CT molecular complexity index is 1550. The van der Waals surface area contributed by atoms with Crippen LogP contribution in [0.5, 0.6) is 0 Å². The molecule has 0 saturated carbocycles. The summed E-state index contributed by atoms with van der Waals surface area (Å²) in [6, 6.07) is 9.55. The van der Waals surface area contributed by atoms with E-state index in [1.807, 2.05) is 30.3 Å². The fraction of sp³-hybridized carbons (Fsp3) is 0. The van der Waals surface area contributed by atoms with E-state index in [4.69, 9.17) is 10.7 Å². The summed E-state index contributed by atoms with van der Waals surface area (Å²) in [7, 11) is 0. The molecule has 6 rings (SSSR count). The summed E-state index contributed by atoms with van der Waals surface area (Å²) < 4.78 is 0. The number of anilines is 1. The molecule has 0 aliphatic carbocycles. The molecule has 148 valence electrons. The number of rotatable bonds is 3. The Morgan fingerprint density at radius 3 is 2.65 bits per heavy atom. The zero-order valence-electron chi connectivity index (χ0n) is 16.1. The van der Waals surface area contributed by atoms with Crippen LogP contribution in [-0.4, -0.2) is 40.1 Å². The quantitative estimate of drug-likeness (QED) is 0.409. The predicted molar refractivity (Wildman–Crippen MR) is 118 cm³/mol. The zero-order valence-corrected chi connectivity index (χ0v) is 16.1. The van der Waals surface area contributed by atoms with Gasteiger partial charge in [0.15, 0.2) is 5.82 Å². The summed E-state index contributed by atoms with van der Waals surface area (Å²) in [5.74, 6) is 0.634. The van der Waals surface area contributed by atoms with Crippen molar-refractivity contribution in [2.45, 2.75) is 0 Å². The lowest BCUT2D eigenvalue weighted by Crippen LogP contribution is -1.90. The highest BCUT2D eigenvalue weighted by Crippen LogP contribution is 2.31. The van der Waals surface area contributed by atoms with E-state index in [0.717, 1.165) is 44.5 Å². The van der Waals surface area contributed by atoms with Gasteiger partial charge in [-0.05, 0) is 24.3 Å². The van der Waals surface area contributed by atoms with Gasteiger partial charge in [0.1, 0.15) is 11.2 Å². The second-order valence-corrected chi connectivity index (χ2v) is 7.08. The van der Waals surface area contributed by atoms with Crippen LogP contribution in [0.2, 0.25) is 0 Å². The molecule has 0 unspecified atom stereocenters. The molecular formula is C22H15N9. The van der Waals surface area contributed by atoms with Gasteiger partial charge < -0.3 is 10.7 Å². The molecular weight excluding hydrogens is 390 g/mol. The number of H-pyrrole nitrogens is 2. The number of aromatic nitrogens is 8. The zero-order chi connectivity index (χ0) is 20.8. The van der Waals surface area contributed by atoms with E-state index in [-0.39, 0.29) is 0 Å². The van der Waals surface area contributed by atoms with Gasteiger partial charge in [0.05, 0.1) is 40.5 Å². The molecule has 0 fully saturated rings. The Balaban J connectivity index is 1.51. The lowest BCUT2D eigenvalue weighted by atomic mass is 10.1. The van der Waals surface area contributed by atoms with E-state index in [9.17, 15) is 0 Å². The minimum absolute atomic E-state index is 0.582. The van der Waals surface area contributed by atoms with E-state index < -0.39 is 0 Å². The van der Waals surface area contributed by atoms with E-state index >= 15 is 0 Å². The first-order valence-electron chi connectivity index (χ1n) is 9.57. The average molecular weight is 405 g/mol. The second kappa shape index (κ2) is 6.70. The number of hydrogen-bond donors (Lipinski definition) is 3. The van der Waals surface area contributed by atoms with Crippen molar-refractivity contribution in [2.24, 2.45) is 0 Å². The van der Waals surface area contributed by atoms with Crippen molar-refractivity contribution in [3.05, 3.63) is 67.5 Å². The molecule has 6 aromatic rings. The third-order valence-corrected chi connectivity index (χ3v) is 5.06. The first-order valence-corrected chi connectivity index (χ1v) is 9.57. The first kappa shape index (κ1) is 17.2. The number of pyridine rings is 4. The number of nitrogens with one attached hydrogen (secondary N) is 2. The molecule has 0 spiro atoms. The normalized spacial score (nSPS) is 11.4. The van der Waals surface area contributed by atoms with Crippen molar-refractivity contribution in [3.8, 4) is 34.0 Å². The van der Waals surface area contributed by atoms with Crippen LogP contribution in [0.3, 0.4) is 0 Å². The highest BCUT2D eigenvalue weighted by molar-refractivity contribution is 5.97. The smallest absolute Gasteiger partial charge is 0.159 e. The van der Waals surface area contributed by atoms with E-state index in [0.29, 0.717) is 17.2 Å². The van der Waals surface area contributed by atoms with Crippen LogP contribution in [0, 0.1) is 0 Å². The molecule has 0 aliphatic rings. The number of nitrogens with two attached hydrogens (primary N) is 1. The van der Waals surface area contributed by atoms with Crippen LogP contribution in [-0.2, 0) is 0 Å². The van der Waals surface area contributed by atoms with Crippen LogP contribution in [0.25, 0.3) is 56.0 Å². The molecule has 0 aliphatic heterocycles. The van der Waals surface area contributed by atoms with Gasteiger partial charge in [-0.25, -0.2) is 4.98 Å². The van der Waals surface area contributed by atoms with Crippen LogP contribution in [0.4, 0.5) is 5.69 Å². The lowest BCUT2D eigenvalue weighted by molar-refractivity contribution is 1.10. The number of nitrogen functional groups attached to an aromatic ring is 1. The number of aromatic amines is 2. The molecule has 9 heteroatoms. The number of fused-ring (bicyclic) bond motifs is 2. The SMILES string of the molecule is Nc1cncc(-c2cc3c(-c4nc5c(-c6ccccn6)cncc5[nH]4)n[nH]c3cn2)c1. The molecule has 0 bridgehead atoms. The average Bonchev–Trinajstić information content (AvgIpc) is 3.43. The molecule has 0 amide bonds. The molecule has 4 N–H and O–H groups in total. The van der Waals surface area contributed by atoms with Gasteiger partial charge in [0.25, 0.3) is 0 Å². The van der Waals surface area contributed by atoms with Crippen LogP contribution < -0.4 is 5.73 Å². The van der Waals surface area contributed by atoms with Crippen molar-refractivity contribution in [2.75, 3.05) is 5.73 Å². The third kappa shape index (κ3) is 2.87. The summed E-state index contributed by atoms with van der Waals surface area (Å²) >= 11 is 0. The van der Waals surface area contributed by atoms with E-state index in [2.05, 4.69) is 35.1 Å². The first-order chi connectivity index (χ1) is 15.3. The number of nitrogens with zero attached hydrogens (tertiary/aromatic N) is 6. The van der Waals surface area contributed by atoms with Gasteiger partial charge in [-0.3, -0.25) is 25.0 Å². The van der Waals surface area contributed by atoms with E-state index in [1.165, 1.54) is 0 Å². The number of imidazole rings is 1. The standard InChI is InChI=1S/C22H15N9/c23-13-5-12(7-24-8-13)17-6-14-18(11-27-17)30-31-21(14)22-28-19-10-25-9-15(20(19)29-22)16-3-1-2-4-26-16/h1-11H,23H2,(H,28,29)(H,30,31). The Morgan fingerprint density at radius 2 is 1.77 bits per heavy atom. The van der Waals surface area contributed by atoms with Gasteiger partial charge in [0, 0.05) is 41.3 Å². The molecule has 9 nitrogen and oxygen atoms in total. The van der Waals surface area contributed by atoms with Crippen LogP contribution in [0.15, 0.2) is 67.5 Å². The maximum Gasteiger partial charge on any atom is 0.159 e. The fourth-order valence-electron chi connectivity index (χ4n) is 3.61. The van der Waals surface area contributed by atoms with Crippen molar-refractivity contribution >= 4 is 27.6 Å². The largest absolute Gasteiger partial charge is 0.397 e. The summed E-state index contributed by atoms with van der Waals surface area (Å²) in [6.07, 6.45) is 10.4. The van der Waals surface area contributed by atoms with Crippen molar-refractivity contribution in [1.29, 1.82) is 0 Å². The lowest BCUT2D eigenvalue weighted by Gasteiger charge is -2.02. The third-order valence-electron chi connectivity index (χ3n) is 5.06. The Hall–Kier alpha value is -4.66. The maximum atomic E-state index is 5.88. The van der Waals surface area contributed by atoms with Gasteiger partial charge in [-0.1, -0.05) is 6.07 Å². The van der Waals surface area contributed by atoms with Crippen molar-refractivity contribution < 1.29 is 0 Å². The Labute approximate surface area is 175 Å². The minimum Gasteiger partial charge on any atom is -0.397 e. The topological polar surface area (TPSA) is 135 Å². The van der Waals surface area contributed by atoms with Crippen LogP contribution in [0.1, 0.15) is 0 Å². The molecule has 31 heavy (non-hydrogen) atoms. The Kier molecular flexibility index (Phi) is 3.72. The van der Waals surface area contributed by atoms with Crippen LogP contribution >= 0.6 is 0 Å². The Morgan fingerprint density at radius 1 is 0.839 bits per heavy atom. The molecule has 6 aromatic heterocycles. The summed E-state index contributed by atoms with van der Waals surface area (Å²) in [5, 5.41) is 8.39. The highest BCUT2D eigenvalue weighted by Gasteiger charge is 2.17. The predicted octanol–water partition coefficient (Wildman–Crippen LogP) is 3.60. The molecule has 0 aromatic carbocycles. The maximum absolute atomic E-state index is 5.88. The second-order valence-electron chi connectivity index (χ2n) is 7.08. The van der Waals surface area contributed by atoms with Gasteiger partial charge in [-0.2, -0.15) is 5.10 Å². The fourth-order valence-corrected chi connectivity index (χ4v) is 3.61.